The molecule has 4 heteroatoms. The highest BCUT2D eigenvalue weighted by molar-refractivity contribution is 6.32. The van der Waals surface area contributed by atoms with Gasteiger partial charge in [-0.3, -0.25) is 0 Å². The largest absolute Gasteiger partial charge is 0.495 e. The molecule has 0 fully saturated rings. The maximum Gasteiger partial charge on any atom is 0.137 e. The van der Waals surface area contributed by atoms with E-state index in [0.29, 0.717) is 16.3 Å². The van der Waals surface area contributed by atoms with Crippen LogP contribution in [0.3, 0.4) is 0 Å². The standard InChI is InChI=1S/C10H13ClO3/c1-6-3-10(14-2)8(11)4-7(6)9(13)5-12/h3-4,9,12-13H,5H2,1-2H3. The topological polar surface area (TPSA) is 49.7 Å². The fraction of sp³-hybridized carbons (Fsp3) is 0.400. The van der Waals surface area contributed by atoms with Gasteiger partial charge in [0.1, 0.15) is 11.9 Å². The fourth-order valence-electron chi connectivity index (χ4n) is 1.28. The van der Waals surface area contributed by atoms with Crippen LogP contribution in [0.25, 0.3) is 0 Å². The molecule has 78 valence electrons. The minimum absolute atomic E-state index is 0.316. The lowest BCUT2D eigenvalue weighted by Gasteiger charge is -2.13. The number of aliphatic hydroxyl groups excluding tert-OH is 2. The Hall–Kier alpha value is -0.770. The van der Waals surface area contributed by atoms with Gasteiger partial charge in [0.15, 0.2) is 0 Å². The van der Waals surface area contributed by atoms with Gasteiger partial charge in [0.05, 0.1) is 18.7 Å². The van der Waals surface area contributed by atoms with Crippen molar-refractivity contribution in [3.8, 4) is 5.75 Å². The molecule has 1 rings (SSSR count). The molecular formula is C10H13ClO3. The first-order valence-corrected chi connectivity index (χ1v) is 4.61. The molecule has 14 heavy (non-hydrogen) atoms. The minimum atomic E-state index is -0.890. The van der Waals surface area contributed by atoms with Crippen LogP contribution in [0.15, 0.2) is 12.1 Å². The minimum Gasteiger partial charge on any atom is -0.495 e. The molecular weight excluding hydrogens is 204 g/mol. The molecule has 1 atom stereocenters. The summed E-state index contributed by atoms with van der Waals surface area (Å²) < 4.78 is 5.02. The van der Waals surface area contributed by atoms with Gasteiger partial charge in [-0.15, -0.1) is 0 Å². The van der Waals surface area contributed by atoms with E-state index in [-0.39, 0.29) is 6.61 Å². The van der Waals surface area contributed by atoms with E-state index in [0.717, 1.165) is 5.56 Å². The molecule has 0 aliphatic heterocycles. The number of aliphatic hydroxyl groups is 2. The van der Waals surface area contributed by atoms with Crippen molar-refractivity contribution in [2.45, 2.75) is 13.0 Å². The molecule has 3 nitrogen and oxygen atoms in total. The Balaban J connectivity index is 3.14. The Labute approximate surface area is 87.9 Å². The van der Waals surface area contributed by atoms with Crippen molar-refractivity contribution in [3.63, 3.8) is 0 Å². The Kier molecular flexibility index (Phi) is 3.75. The van der Waals surface area contributed by atoms with Crippen LogP contribution >= 0.6 is 11.6 Å². The van der Waals surface area contributed by atoms with E-state index in [4.69, 9.17) is 21.4 Å². The number of halogens is 1. The quantitative estimate of drug-likeness (QED) is 0.809. The molecule has 1 aromatic rings. The van der Waals surface area contributed by atoms with E-state index < -0.39 is 6.10 Å². The lowest BCUT2D eigenvalue weighted by molar-refractivity contribution is 0.0951. The van der Waals surface area contributed by atoms with Crippen LogP contribution in [-0.2, 0) is 0 Å². The predicted molar refractivity (Wildman–Crippen MR) is 54.8 cm³/mol. The average Bonchev–Trinajstić information content (AvgIpc) is 2.19. The summed E-state index contributed by atoms with van der Waals surface area (Å²) in [5.74, 6) is 0.568. The smallest absolute Gasteiger partial charge is 0.137 e. The highest BCUT2D eigenvalue weighted by atomic mass is 35.5. The summed E-state index contributed by atoms with van der Waals surface area (Å²) in [4.78, 5) is 0. The summed E-state index contributed by atoms with van der Waals surface area (Å²) in [5.41, 5.74) is 1.46. The van der Waals surface area contributed by atoms with Gasteiger partial charge >= 0.3 is 0 Å². The fourth-order valence-corrected chi connectivity index (χ4v) is 1.53. The number of ether oxygens (including phenoxy) is 1. The van der Waals surface area contributed by atoms with Crippen molar-refractivity contribution in [2.24, 2.45) is 0 Å². The first-order chi connectivity index (χ1) is 6.60. The SMILES string of the molecule is COc1cc(C)c(C(O)CO)cc1Cl. The molecule has 1 aromatic carbocycles. The van der Waals surface area contributed by atoms with Gasteiger partial charge in [-0.1, -0.05) is 11.6 Å². The zero-order valence-corrected chi connectivity index (χ0v) is 8.88. The lowest BCUT2D eigenvalue weighted by atomic mass is 10.0. The van der Waals surface area contributed by atoms with Crippen molar-refractivity contribution in [1.82, 2.24) is 0 Å². The summed E-state index contributed by atoms with van der Waals surface area (Å²) in [6, 6.07) is 3.34. The Morgan fingerprint density at radius 2 is 2.14 bits per heavy atom. The van der Waals surface area contributed by atoms with Crippen LogP contribution in [0.1, 0.15) is 17.2 Å². The molecule has 0 bridgehead atoms. The van der Waals surface area contributed by atoms with Gasteiger partial charge in [0.2, 0.25) is 0 Å². The molecule has 0 saturated heterocycles. The van der Waals surface area contributed by atoms with Crippen molar-refractivity contribution in [3.05, 3.63) is 28.3 Å². The van der Waals surface area contributed by atoms with Gasteiger partial charge in [-0.2, -0.15) is 0 Å². The van der Waals surface area contributed by atoms with Crippen LogP contribution in [-0.4, -0.2) is 23.9 Å². The van der Waals surface area contributed by atoms with Crippen molar-refractivity contribution in [1.29, 1.82) is 0 Å². The van der Waals surface area contributed by atoms with Gasteiger partial charge < -0.3 is 14.9 Å². The van der Waals surface area contributed by atoms with Crippen molar-refractivity contribution >= 4 is 11.6 Å². The lowest BCUT2D eigenvalue weighted by Crippen LogP contribution is -2.05. The van der Waals surface area contributed by atoms with Crippen LogP contribution in [0.2, 0.25) is 5.02 Å². The Morgan fingerprint density at radius 3 is 2.64 bits per heavy atom. The van der Waals surface area contributed by atoms with E-state index in [2.05, 4.69) is 0 Å². The van der Waals surface area contributed by atoms with Crippen molar-refractivity contribution in [2.75, 3.05) is 13.7 Å². The Bertz CT molecular complexity index is 325. The maximum absolute atomic E-state index is 9.45. The van der Waals surface area contributed by atoms with Crippen LogP contribution in [0.4, 0.5) is 0 Å². The Morgan fingerprint density at radius 1 is 1.50 bits per heavy atom. The van der Waals surface area contributed by atoms with E-state index in [1.165, 1.54) is 7.11 Å². The maximum atomic E-state index is 9.45. The molecule has 0 aromatic heterocycles. The number of benzene rings is 1. The van der Waals surface area contributed by atoms with E-state index in [9.17, 15) is 5.11 Å². The molecule has 0 radical (unpaired) electrons. The number of hydrogen-bond acceptors (Lipinski definition) is 3. The summed E-state index contributed by atoms with van der Waals surface area (Å²) in [7, 11) is 1.53. The van der Waals surface area contributed by atoms with Crippen LogP contribution in [0, 0.1) is 6.92 Å². The molecule has 0 aliphatic rings. The van der Waals surface area contributed by atoms with Gasteiger partial charge in [-0.25, -0.2) is 0 Å². The average molecular weight is 217 g/mol. The molecule has 0 aliphatic carbocycles. The van der Waals surface area contributed by atoms with E-state index >= 15 is 0 Å². The second-order valence-corrected chi connectivity index (χ2v) is 3.45. The summed E-state index contributed by atoms with van der Waals surface area (Å²) in [6.45, 7) is 1.51. The molecule has 0 saturated carbocycles. The highest BCUT2D eigenvalue weighted by Crippen LogP contribution is 2.30. The molecule has 2 N–H and O–H groups in total. The van der Waals surface area contributed by atoms with Crippen LogP contribution in [0.5, 0.6) is 5.75 Å². The zero-order valence-electron chi connectivity index (χ0n) is 8.12. The number of hydrogen-bond donors (Lipinski definition) is 2. The zero-order chi connectivity index (χ0) is 10.7. The van der Waals surface area contributed by atoms with Gasteiger partial charge in [-0.05, 0) is 30.2 Å². The summed E-state index contributed by atoms with van der Waals surface area (Å²) in [5, 5.41) is 18.7. The molecule has 0 spiro atoms. The second kappa shape index (κ2) is 4.64. The van der Waals surface area contributed by atoms with Crippen LogP contribution < -0.4 is 4.74 Å². The summed E-state index contributed by atoms with van der Waals surface area (Å²) in [6.07, 6.45) is -0.890. The number of rotatable bonds is 3. The third-order valence-corrected chi connectivity index (χ3v) is 2.37. The first kappa shape index (κ1) is 11.3. The predicted octanol–water partition coefficient (Wildman–Crippen LogP) is 1.68. The highest BCUT2D eigenvalue weighted by Gasteiger charge is 2.12. The number of methoxy groups -OCH3 is 1. The van der Waals surface area contributed by atoms with Crippen molar-refractivity contribution < 1.29 is 14.9 Å². The van der Waals surface area contributed by atoms with E-state index in [1.54, 1.807) is 12.1 Å². The molecule has 1 unspecified atom stereocenters. The monoisotopic (exact) mass is 216 g/mol. The summed E-state index contributed by atoms with van der Waals surface area (Å²) >= 11 is 5.88. The third kappa shape index (κ3) is 2.18. The third-order valence-electron chi connectivity index (χ3n) is 2.07. The molecule has 0 amide bonds. The first-order valence-electron chi connectivity index (χ1n) is 4.23. The van der Waals surface area contributed by atoms with Gasteiger partial charge in [0.25, 0.3) is 0 Å². The van der Waals surface area contributed by atoms with Gasteiger partial charge in [0, 0.05) is 0 Å². The normalized spacial score (nSPS) is 12.6. The second-order valence-electron chi connectivity index (χ2n) is 3.04. The number of aryl methyl sites for hydroxylation is 1. The van der Waals surface area contributed by atoms with E-state index in [1.807, 2.05) is 6.92 Å². The molecule has 0 heterocycles.